The Morgan fingerprint density at radius 1 is 1.50 bits per heavy atom. The third-order valence-corrected chi connectivity index (χ3v) is 3.89. The second-order valence-electron chi connectivity index (χ2n) is 5.04. The fourth-order valence-electron chi connectivity index (χ4n) is 1.95. The van der Waals surface area contributed by atoms with Gasteiger partial charge in [-0.3, -0.25) is 0 Å². The first-order valence-corrected chi connectivity index (χ1v) is 7.32. The van der Waals surface area contributed by atoms with Crippen LogP contribution in [0.3, 0.4) is 0 Å². The summed E-state index contributed by atoms with van der Waals surface area (Å²) in [6, 6.07) is 5.30. The summed E-state index contributed by atoms with van der Waals surface area (Å²) in [5, 5.41) is 0.587. The number of hydrogen-bond donors (Lipinski definition) is 0. The number of esters is 1. The fraction of sp³-hybridized carbons (Fsp3) is 0.357. The van der Waals surface area contributed by atoms with Crippen molar-refractivity contribution < 1.29 is 18.8 Å². The van der Waals surface area contributed by atoms with E-state index in [1.165, 1.54) is 7.11 Å². The van der Waals surface area contributed by atoms with Gasteiger partial charge < -0.3 is 14.0 Å². The van der Waals surface area contributed by atoms with Gasteiger partial charge in [-0.05, 0) is 31.5 Å². The molecule has 0 bridgehead atoms. The molecule has 0 unspecified atom stereocenters. The number of carbonyl (C=O) groups is 1. The van der Waals surface area contributed by atoms with E-state index in [9.17, 15) is 4.79 Å². The quantitative estimate of drug-likeness (QED) is 0.482. The average Bonchev–Trinajstić information content (AvgIpc) is 2.71. The first kappa shape index (κ1) is 15.1. The molecule has 1 aromatic carbocycles. The van der Waals surface area contributed by atoms with E-state index in [0.717, 1.165) is 11.0 Å². The van der Waals surface area contributed by atoms with E-state index in [0.29, 0.717) is 16.7 Å². The number of hydrogen-bond acceptors (Lipinski definition) is 4. The molecule has 4 nitrogen and oxygen atoms in total. The van der Waals surface area contributed by atoms with E-state index >= 15 is 0 Å². The van der Waals surface area contributed by atoms with Crippen LogP contribution in [0.4, 0.5) is 0 Å². The Morgan fingerprint density at radius 3 is 2.70 bits per heavy atom. The number of carbonyl (C=O) groups excluding carboxylic acids is 1. The van der Waals surface area contributed by atoms with Crippen LogP contribution < -0.4 is 5.46 Å². The Bertz CT molecular complexity index is 556. The molecular weight excluding hydrogens is 323 g/mol. The Kier molecular flexibility index (Phi) is 4.25. The van der Waals surface area contributed by atoms with Crippen molar-refractivity contribution in [3.8, 4) is 0 Å². The number of ether oxygens (including phenoxy) is 1. The van der Waals surface area contributed by atoms with Crippen LogP contribution in [-0.2, 0) is 19.4 Å². The van der Waals surface area contributed by atoms with Gasteiger partial charge in [-0.1, -0.05) is 28.6 Å². The van der Waals surface area contributed by atoms with E-state index in [-0.39, 0.29) is 5.97 Å². The molecule has 1 fully saturated rings. The summed E-state index contributed by atoms with van der Waals surface area (Å²) in [7, 11) is 0.858. The summed E-state index contributed by atoms with van der Waals surface area (Å²) in [6.45, 7) is 7.68. The molecule has 0 spiro atoms. The van der Waals surface area contributed by atoms with Crippen molar-refractivity contribution in [3.05, 3.63) is 41.7 Å². The van der Waals surface area contributed by atoms with E-state index in [4.69, 9.17) is 14.0 Å². The maximum absolute atomic E-state index is 11.6. The molecule has 2 rings (SSSR count). The van der Waals surface area contributed by atoms with Crippen LogP contribution in [0.1, 0.15) is 29.8 Å². The Labute approximate surface area is 127 Å². The lowest BCUT2D eigenvalue weighted by Crippen LogP contribution is -2.36. The lowest BCUT2D eigenvalue weighted by atomic mass is 9.76. The smallest absolute Gasteiger partial charge is 0.534 e. The molecule has 1 heterocycles. The van der Waals surface area contributed by atoms with Crippen LogP contribution >= 0.6 is 15.9 Å². The number of benzene rings is 1. The van der Waals surface area contributed by atoms with Crippen LogP contribution in [0.2, 0.25) is 0 Å². The standard InChI is InChI=1S/C14H16BBrO4/c1-9-14(2,3)20-15(19-9)12-6-5-10(13(17)18-4)7-11(12)8-16/h5-7H,1,8H2,2-4H3. The summed E-state index contributed by atoms with van der Waals surface area (Å²) in [5.41, 5.74) is 1.78. The Morgan fingerprint density at radius 2 is 2.20 bits per heavy atom. The molecule has 0 aromatic heterocycles. The second kappa shape index (κ2) is 5.62. The summed E-state index contributed by atoms with van der Waals surface area (Å²) in [5.74, 6) is 0.233. The molecule has 20 heavy (non-hydrogen) atoms. The van der Waals surface area contributed by atoms with E-state index < -0.39 is 12.7 Å². The highest BCUT2D eigenvalue weighted by Gasteiger charge is 2.43. The van der Waals surface area contributed by atoms with Crippen molar-refractivity contribution >= 4 is 34.5 Å². The second-order valence-corrected chi connectivity index (χ2v) is 5.60. The van der Waals surface area contributed by atoms with Gasteiger partial charge in [-0.15, -0.1) is 0 Å². The van der Waals surface area contributed by atoms with Gasteiger partial charge in [0, 0.05) is 10.8 Å². The highest BCUT2D eigenvalue weighted by molar-refractivity contribution is 9.08. The molecule has 1 aliphatic heterocycles. The molecule has 0 aliphatic carbocycles. The van der Waals surface area contributed by atoms with E-state index in [1.54, 1.807) is 12.1 Å². The minimum atomic E-state index is -0.519. The Hall–Kier alpha value is -1.27. The summed E-state index contributed by atoms with van der Waals surface area (Å²) in [4.78, 5) is 11.6. The third kappa shape index (κ3) is 2.76. The Balaban J connectivity index is 2.34. The van der Waals surface area contributed by atoms with Crippen molar-refractivity contribution in [3.63, 3.8) is 0 Å². The number of rotatable bonds is 3. The largest absolute Gasteiger partial charge is 0.563 e. The highest BCUT2D eigenvalue weighted by Crippen LogP contribution is 2.29. The van der Waals surface area contributed by atoms with Gasteiger partial charge >= 0.3 is 13.1 Å². The van der Waals surface area contributed by atoms with Gasteiger partial charge in [0.05, 0.1) is 18.4 Å². The number of methoxy groups -OCH3 is 1. The number of halogens is 1. The molecular formula is C14H16BBrO4. The summed E-state index contributed by atoms with van der Waals surface area (Å²) >= 11 is 3.42. The molecule has 1 aliphatic rings. The number of alkyl halides is 1. The van der Waals surface area contributed by atoms with Gasteiger partial charge in [0.2, 0.25) is 0 Å². The minimum absolute atomic E-state index is 0.364. The van der Waals surface area contributed by atoms with Gasteiger partial charge in [0.25, 0.3) is 0 Å². The van der Waals surface area contributed by atoms with Gasteiger partial charge in [-0.25, -0.2) is 4.79 Å². The van der Waals surface area contributed by atoms with Crippen LogP contribution in [-0.4, -0.2) is 25.8 Å². The van der Waals surface area contributed by atoms with Crippen molar-refractivity contribution in [1.29, 1.82) is 0 Å². The molecule has 1 saturated heterocycles. The first-order valence-electron chi connectivity index (χ1n) is 6.20. The maximum Gasteiger partial charge on any atom is 0.563 e. The molecule has 1 aromatic rings. The van der Waals surface area contributed by atoms with Crippen molar-refractivity contribution in [2.75, 3.05) is 7.11 Å². The zero-order valence-electron chi connectivity index (χ0n) is 11.7. The highest BCUT2D eigenvalue weighted by atomic mass is 79.9. The van der Waals surface area contributed by atoms with Crippen molar-refractivity contribution in [2.45, 2.75) is 24.8 Å². The van der Waals surface area contributed by atoms with Gasteiger partial charge in [0.15, 0.2) is 0 Å². The van der Waals surface area contributed by atoms with Gasteiger partial charge in [-0.2, -0.15) is 0 Å². The topological polar surface area (TPSA) is 44.8 Å². The summed E-state index contributed by atoms with van der Waals surface area (Å²) < 4.78 is 16.3. The van der Waals surface area contributed by atoms with Crippen LogP contribution in [0.15, 0.2) is 30.5 Å². The average molecular weight is 339 g/mol. The molecule has 0 saturated carbocycles. The van der Waals surface area contributed by atoms with E-state index in [1.807, 2.05) is 19.9 Å². The van der Waals surface area contributed by atoms with E-state index in [2.05, 4.69) is 22.5 Å². The molecule has 0 amide bonds. The predicted molar refractivity (Wildman–Crippen MR) is 81.2 cm³/mol. The minimum Gasteiger partial charge on any atom is -0.534 e. The monoisotopic (exact) mass is 338 g/mol. The lowest BCUT2D eigenvalue weighted by Gasteiger charge is -2.16. The molecule has 0 radical (unpaired) electrons. The molecule has 0 N–H and O–H groups in total. The maximum atomic E-state index is 11.6. The zero-order valence-corrected chi connectivity index (χ0v) is 13.3. The van der Waals surface area contributed by atoms with Crippen LogP contribution in [0.25, 0.3) is 0 Å². The first-order chi connectivity index (χ1) is 9.39. The zero-order chi connectivity index (χ0) is 14.9. The van der Waals surface area contributed by atoms with Crippen LogP contribution in [0.5, 0.6) is 0 Å². The third-order valence-electron chi connectivity index (χ3n) is 3.28. The molecule has 106 valence electrons. The SMILES string of the molecule is C=C1OB(c2ccc(C(=O)OC)cc2CBr)OC1(C)C. The molecule has 0 atom stereocenters. The predicted octanol–water partition coefficient (Wildman–Crippen LogP) is 2.40. The van der Waals surface area contributed by atoms with Crippen molar-refractivity contribution in [2.24, 2.45) is 0 Å². The van der Waals surface area contributed by atoms with Crippen LogP contribution in [0, 0.1) is 0 Å². The van der Waals surface area contributed by atoms with Crippen molar-refractivity contribution in [1.82, 2.24) is 0 Å². The summed E-state index contributed by atoms with van der Waals surface area (Å²) in [6.07, 6.45) is 0. The van der Waals surface area contributed by atoms with Gasteiger partial charge in [0.1, 0.15) is 5.60 Å². The molecule has 6 heteroatoms. The lowest BCUT2D eigenvalue weighted by molar-refractivity contribution is 0.0600. The fourth-order valence-corrected chi connectivity index (χ4v) is 2.44. The normalized spacial score (nSPS) is 17.0.